The minimum Gasteiger partial charge on any atom is -0.383 e. The number of morpholine rings is 1. The number of rotatable bonds is 6. The number of hydrogen-bond acceptors (Lipinski definition) is 5. The fraction of sp³-hybridized carbons (Fsp3) is 0.550. The Bertz CT molecular complexity index is 732. The van der Waals surface area contributed by atoms with E-state index in [4.69, 9.17) is 9.47 Å². The first-order chi connectivity index (χ1) is 13.5. The molecule has 2 heterocycles. The first-order valence-corrected chi connectivity index (χ1v) is 9.56. The molecule has 1 aromatic rings. The summed E-state index contributed by atoms with van der Waals surface area (Å²) in [5, 5.41) is 2.86. The van der Waals surface area contributed by atoms with Crippen molar-refractivity contribution in [3.05, 3.63) is 29.8 Å². The second-order valence-corrected chi connectivity index (χ2v) is 7.19. The van der Waals surface area contributed by atoms with E-state index in [-0.39, 0.29) is 30.2 Å². The second kappa shape index (κ2) is 9.16. The van der Waals surface area contributed by atoms with Crippen molar-refractivity contribution in [2.45, 2.75) is 19.4 Å². The maximum Gasteiger partial charge on any atom is 0.256 e. The van der Waals surface area contributed by atoms with Crippen LogP contribution in [0.3, 0.4) is 0 Å². The van der Waals surface area contributed by atoms with E-state index >= 15 is 0 Å². The zero-order valence-corrected chi connectivity index (χ0v) is 16.3. The summed E-state index contributed by atoms with van der Waals surface area (Å²) in [5.41, 5.74) is 0.923. The zero-order valence-electron chi connectivity index (χ0n) is 16.3. The van der Waals surface area contributed by atoms with Crippen molar-refractivity contribution in [1.82, 2.24) is 9.80 Å². The van der Waals surface area contributed by atoms with Gasteiger partial charge in [-0.05, 0) is 19.1 Å². The van der Waals surface area contributed by atoms with Gasteiger partial charge in [-0.2, -0.15) is 0 Å². The number of anilines is 1. The Morgan fingerprint density at radius 3 is 2.71 bits per heavy atom. The molecule has 152 valence electrons. The normalized spacial score (nSPS) is 20.9. The molecule has 0 aromatic heterocycles. The Labute approximate surface area is 164 Å². The summed E-state index contributed by atoms with van der Waals surface area (Å²) >= 11 is 0. The number of para-hydroxylation sites is 1. The van der Waals surface area contributed by atoms with Gasteiger partial charge in [0, 0.05) is 33.2 Å². The van der Waals surface area contributed by atoms with Gasteiger partial charge in [0.25, 0.3) is 5.91 Å². The van der Waals surface area contributed by atoms with Crippen molar-refractivity contribution < 1.29 is 23.9 Å². The molecule has 2 fully saturated rings. The summed E-state index contributed by atoms with van der Waals surface area (Å²) in [4.78, 5) is 41.3. The molecule has 3 amide bonds. The molecule has 2 aliphatic rings. The average Bonchev–Trinajstić information content (AvgIpc) is 3.11. The fourth-order valence-electron chi connectivity index (χ4n) is 3.61. The Balaban J connectivity index is 1.68. The van der Waals surface area contributed by atoms with Gasteiger partial charge in [0.05, 0.1) is 43.0 Å². The number of carbonyl (C=O) groups is 3. The SMILES string of the molecule is COC[C@@H](C)N1C[C@H](C(=O)Nc2ccccc2C(=O)N2CCOCC2)CC1=O. The van der Waals surface area contributed by atoms with E-state index in [0.717, 1.165) is 0 Å². The number of hydrogen-bond donors (Lipinski definition) is 1. The second-order valence-electron chi connectivity index (χ2n) is 7.19. The van der Waals surface area contributed by atoms with Crippen molar-refractivity contribution in [1.29, 1.82) is 0 Å². The molecule has 1 N–H and O–H groups in total. The number of nitrogens with one attached hydrogen (secondary N) is 1. The minimum atomic E-state index is -0.446. The van der Waals surface area contributed by atoms with E-state index < -0.39 is 5.92 Å². The molecule has 0 saturated carbocycles. The molecule has 3 rings (SSSR count). The number of methoxy groups -OCH3 is 1. The van der Waals surface area contributed by atoms with Gasteiger partial charge < -0.3 is 24.6 Å². The van der Waals surface area contributed by atoms with Gasteiger partial charge in [-0.3, -0.25) is 14.4 Å². The van der Waals surface area contributed by atoms with Gasteiger partial charge >= 0.3 is 0 Å². The first-order valence-electron chi connectivity index (χ1n) is 9.56. The molecular formula is C20H27N3O5. The van der Waals surface area contributed by atoms with Crippen LogP contribution in [0.5, 0.6) is 0 Å². The summed E-state index contributed by atoms with van der Waals surface area (Å²) in [6.07, 6.45) is 0.166. The van der Waals surface area contributed by atoms with E-state index in [1.165, 1.54) is 0 Å². The van der Waals surface area contributed by atoms with Crippen LogP contribution in [0.2, 0.25) is 0 Å². The predicted molar refractivity (Wildman–Crippen MR) is 103 cm³/mol. The van der Waals surface area contributed by atoms with Gasteiger partial charge in [-0.25, -0.2) is 0 Å². The minimum absolute atomic E-state index is 0.0534. The molecule has 28 heavy (non-hydrogen) atoms. The number of nitrogens with zero attached hydrogens (tertiary/aromatic N) is 2. The number of likely N-dealkylation sites (tertiary alicyclic amines) is 1. The first kappa shape index (κ1) is 20.3. The quantitative estimate of drug-likeness (QED) is 0.784. The van der Waals surface area contributed by atoms with E-state index in [0.29, 0.717) is 50.7 Å². The van der Waals surface area contributed by atoms with Crippen LogP contribution in [0.25, 0.3) is 0 Å². The molecule has 8 nitrogen and oxygen atoms in total. The van der Waals surface area contributed by atoms with Crippen LogP contribution in [0, 0.1) is 5.92 Å². The van der Waals surface area contributed by atoms with Gasteiger partial charge in [-0.15, -0.1) is 0 Å². The molecule has 0 unspecified atom stereocenters. The molecule has 0 aliphatic carbocycles. The lowest BCUT2D eigenvalue weighted by Gasteiger charge is -2.27. The highest BCUT2D eigenvalue weighted by molar-refractivity contribution is 6.05. The molecule has 0 spiro atoms. The highest BCUT2D eigenvalue weighted by Crippen LogP contribution is 2.24. The van der Waals surface area contributed by atoms with Crippen molar-refractivity contribution in [3.8, 4) is 0 Å². The topological polar surface area (TPSA) is 88.2 Å². The number of ether oxygens (including phenoxy) is 2. The number of benzene rings is 1. The Kier molecular flexibility index (Phi) is 6.64. The Hall–Kier alpha value is -2.45. The molecule has 2 aliphatic heterocycles. The lowest BCUT2D eigenvalue weighted by molar-refractivity contribution is -0.130. The summed E-state index contributed by atoms with van der Waals surface area (Å²) in [6, 6.07) is 6.90. The maximum atomic E-state index is 12.8. The molecular weight excluding hydrogens is 362 g/mol. The highest BCUT2D eigenvalue weighted by Gasteiger charge is 2.37. The van der Waals surface area contributed by atoms with Crippen LogP contribution in [0.4, 0.5) is 5.69 Å². The molecule has 2 saturated heterocycles. The van der Waals surface area contributed by atoms with Crippen LogP contribution >= 0.6 is 0 Å². The van der Waals surface area contributed by atoms with E-state index in [2.05, 4.69) is 5.32 Å². The van der Waals surface area contributed by atoms with Gasteiger partial charge in [0.1, 0.15) is 0 Å². The lowest BCUT2D eigenvalue weighted by atomic mass is 10.1. The van der Waals surface area contributed by atoms with Gasteiger partial charge in [0.15, 0.2) is 0 Å². The fourth-order valence-corrected chi connectivity index (χ4v) is 3.61. The van der Waals surface area contributed by atoms with E-state index in [9.17, 15) is 14.4 Å². The highest BCUT2D eigenvalue weighted by atomic mass is 16.5. The zero-order chi connectivity index (χ0) is 20.1. The van der Waals surface area contributed by atoms with Crippen LogP contribution < -0.4 is 5.32 Å². The summed E-state index contributed by atoms with van der Waals surface area (Å²) in [5.74, 6) is -0.875. The largest absolute Gasteiger partial charge is 0.383 e. The summed E-state index contributed by atoms with van der Waals surface area (Å²) in [6.45, 7) is 4.78. The van der Waals surface area contributed by atoms with Crippen LogP contribution in [0.15, 0.2) is 24.3 Å². The standard InChI is InChI=1S/C20H27N3O5/c1-14(13-27-2)23-12-15(11-18(23)24)19(25)21-17-6-4-3-5-16(17)20(26)22-7-9-28-10-8-22/h3-6,14-15H,7-13H2,1-2H3,(H,21,25)/t14-,15-/m1/s1. The monoisotopic (exact) mass is 389 g/mol. The van der Waals surface area contributed by atoms with Crippen molar-refractivity contribution in [3.63, 3.8) is 0 Å². The van der Waals surface area contributed by atoms with Crippen molar-refractivity contribution >= 4 is 23.4 Å². The summed E-state index contributed by atoms with van der Waals surface area (Å²) < 4.78 is 10.4. The molecule has 8 heteroatoms. The lowest BCUT2D eigenvalue weighted by Crippen LogP contribution is -2.41. The van der Waals surface area contributed by atoms with Crippen molar-refractivity contribution in [2.24, 2.45) is 5.92 Å². The van der Waals surface area contributed by atoms with E-state index in [1.807, 2.05) is 6.92 Å². The third-order valence-corrected chi connectivity index (χ3v) is 5.18. The van der Waals surface area contributed by atoms with Crippen LogP contribution in [0.1, 0.15) is 23.7 Å². The van der Waals surface area contributed by atoms with E-state index in [1.54, 1.807) is 41.2 Å². The van der Waals surface area contributed by atoms with Crippen LogP contribution in [-0.4, -0.2) is 80.1 Å². The maximum absolute atomic E-state index is 12.8. The molecule has 0 bridgehead atoms. The smallest absolute Gasteiger partial charge is 0.256 e. The Morgan fingerprint density at radius 1 is 1.29 bits per heavy atom. The predicted octanol–water partition coefficient (Wildman–Crippen LogP) is 0.981. The average molecular weight is 389 g/mol. The number of amides is 3. The van der Waals surface area contributed by atoms with Crippen LogP contribution in [-0.2, 0) is 19.1 Å². The molecule has 2 atom stereocenters. The van der Waals surface area contributed by atoms with Gasteiger partial charge in [0.2, 0.25) is 11.8 Å². The third-order valence-electron chi connectivity index (χ3n) is 5.18. The summed E-state index contributed by atoms with van der Waals surface area (Å²) in [7, 11) is 1.59. The van der Waals surface area contributed by atoms with Gasteiger partial charge in [-0.1, -0.05) is 12.1 Å². The molecule has 0 radical (unpaired) electrons. The molecule has 1 aromatic carbocycles. The third kappa shape index (κ3) is 4.51. The Morgan fingerprint density at radius 2 is 2.00 bits per heavy atom. The van der Waals surface area contributed by atoms with Crippen molar-refractivity contribution in [2.75, 3.05) is 51.9 Å². The number of carbonyl (C=O) groups excluding carboxylic acids is 3.